The first kappa shape index (κ1) is 45.7. The summed E-state index contributed by atoms with van der Waals surface area (Å²) >= 11 is 0. The van der Waals surface area contributed by atoms with Crippen molar-refractivity contribution in [2.45, 2.75) is 93.7 Å². The van der Waals surface area contributed by atoms with E-state index in [0.29, 0.717) is 74.4 Å². The molecule has 3 aromatic carbocycles. The van der Waals surface area contributed by atoms with Crippen LogP contribution in [0.4, 0.5) is 23.4 Å². The highest BCUT2D eigenvalue weighted by molar-refractivity contribution is 6.04. The molecule has 0 spiro atoms. The molecule has 1 saturated carbocycles. The topological polar surface area (TPSA) is 154 Å². The van der Waals surface area contributed by atoms with E-state index in [4.69, 9.17) is 16.1 Å². The van der Waals surface area contributed by atoms with Gasteiger partial charge in [0.2, 0.25) is 11.8 Å². The molecule has 3 aromatic heterocycles. The number of aromatic nitrogens is 5. The van der Waals surface area contributed by atoms with E-state index in [2.05, 4.69) is 48.7 Å². The Morgan fingerprint density at radius 1 is 0.944 bits per heavy atom. The number of hydrogen-bond donors (Lipinski definition) is 3. The Balaban J connectivity index is 0.733. The SMILES string of the molecule is C#Cc1c(F)ccc2cc(O)cc(-c3ncc4c(N5CC6CCC(C5)N6)nc(OCC5(CN6CCC(N7CCC(c8ccc9c(C%10CCC(=O)NC%10=O)nn(C)c9c8)CC7)C(F)(F)C6)CC5)nc4c3F)c12. The van der Waals surface area contributed by atoms with Gasteiger partial charge >= 0.3 is 6.01 Å². The molecule has 2 amide bonds. The fourth-order valence-corrected chi connectivity index (χ4v) is 12.4. The molecule has 4 unspecified atom stereocenters. The van der Waals surface area contributed by atoms with Gasteiger partial charge in [0.15, 0.2) is 5.82 Å². The zero-order valence-corrected chi connectivity index (χ0v) is 39.4. The van der Waals surface area contributed by atoms with Crippen molar-refractivity contribution in [1.82, 2.24) is 45.2 Å². The van der Waals surface area contributed by atoms with Crippen molar-refractivity contribution < 1.29 is 37.0 Å². The number of piperidine rings is 3. The average Bonchev–Trinajstić information content (AvgIpc) is 3.93. The minimum atomic E-state index is -2.93. The first-order valence-corrected chi connectivity index (χ1v) is 24.8. The van der Waals surface area contributed by atoms with E-state index in [1.807, 2.05) is 22.9 Å². The fourth-order valence-electron chi connectivity index (χ4n) is 12.4. The van der Waals surface area contributed by atoms with Crippen LogP contribution in [-0.2, 0) is 16.6 Å². The van der Waals surface area contributed by atoms with E-state index < -0.39 is 34.9 Å². The first-order valence-electron chi connectivity index (χ1n) is 24.8. The van der Waals surface area contributed by atoms with E-state index in [0.717, 1.165) is 55.0 Å². The van der Waals surface area contributed by atoms with Crippen LogP contribution in [0.25, 0.3) is 43.8 Å². The summed E-state index contributed by atoms with van der Waals surface area (Å²) in [5.74, 6) is -2.60. The molecule has 6 fully saturated rings. The number of terminal acetylenes is 1. The van der Waals surface area contributed by atoms with Crippen LogP contribution in [0.5, 0.6) is 11.8 Å². The van der Waals surface area contributed by atoms with Crippen molar-refractivity contribution in [3.05, 3.63) is 77.1 Å². The highest BCUT2D eigenvalue weighted by atomic mass is 19.3. The molecule has 18 heteroatoms. The van der Waals surface area contributed by atoms with Crippen molar-refractivity contribution in [2.24, 2.45) is 12.5 Å². The quantitative estimate of drug-likeness (QED) is 0.0744. The maximum absolute atomic E-state index is 17.1. The molecule has 71 heavy (non-hydrogen) atoms. The molecular formula is C53H54F4N10O4. The number of alkyl halides is 2. The van der Waals surface area contributed by atoms with Crippen LogP contribution in [0.15, 0.2) is 48.7 Å². The van der Waals surface area contributed by atoms with Gasteiger partial charge in [-0.05, 0) is 106 Å². The van der Waals surface area contributed by atoms with Crippen LogP contribution < -0.4 is 20.3 Å². The maximum atomic E-state index is 17.1. The summed E-state index contributed by atoms with van der Waals surface area (Å²) in [6.07, 6.45) is 13.3. The number of anilines is 1. The molecular weight excluding hydrogens is 917 g/mol. The van der Waals surface area contributed by atoms with Crippen molar-refractivity contribution in [1.29, 1.82) is 0 Å². The number of nitrogens with one attached hydrogen (secondary N) is 2. The third-order valence-corrected chi connectivity index (χ3v) is 16.2. The standard InChI is InChI=1S/C53H54F4N10O4/c1-3-35-40(54)10-5-31-20-34(68)22-38(44(31)35)47-45(55)48-39(23-58-47)49(67-24-32-6-7-33(25-67)59-32)62-51(61-48)71-28-52(15-16-52)26-65-17-14-42(53(56,57)27-65)66-18-12-29(13-19-66)30-4-8-36-41(21-30)64(2)63-46(36)37-9-11-43(69)60-50(37)70/h1,4-5,8,10,20-23,29,32-33,37,42,59,68H,6-7,9,11-19,24-28H2,2H3,(H,60,69,70). The summed E-state index contributed by atoms with van der Waals surface area (Å²) in [6.45, 7) is 3.14. The zero-order valence-electron chi connectivity index (χ0n) is 39.4. The molecule has 5 aliphatic heterocycles. The number of hydrogen-bond acceptors (Lipinski definition) is 12. The van der Waals surface area contributed by atoms with E-state index in [-0.39, 0.29) is 88.9 Å². The Morgan fingerprint density at radius 2 is 1.73 bits per heavy atom. The number of carbonyl (C=O) groups excluding carboxylic acids is 2. The summed E-state index contributed by atoms with van der Waals surface area (Å²) in [4.78, 5) is 44.4. The molecule has 2 bridgehead atoms. The number of fused-ring (bicyclic) bond motifs is 5. The molecule has 5 saturated heterocycles. The smallest absolute Gasteiger partial charge is 0.319 e. The summed E-state index contributed by atoms with van der Waals surface area (Å²) < 4.78 is 73.0. The lowest BCUT2D eigenvalue weighted by molar-refractivity contribution is -0.134. The lowest BCUT2D eigenvalue weighted by Gasteiger charge is -2.46. The number of phenolic OH excluding ortho intramolecular Hbond substituents is 1. The Hall–Kier alpha value is -6.42. The second-order valence-electron chi connectivity index (χ2n) is 20.9. The van der Waals surface area contributed by atoms with Gasteiger partial charge in [0.1, 0.15) is 28.6 Å². The number of pyridine rings is 1. The number of rotatable bonds is 10. The van der Waals surface area contributed by atoms with Gasteiger partial charge in [-0.25, -0.2) is 17.6 Å². The van der Waals surface area contributed by atoms with Gasteiger partial charge < -0.3 is 20.1 Å². The number of phenols is 1. The summed E-state index contributed by atoms with van der Waals surface area (Å²) in [5, 5.41) is 23.3. The minimum Gasteiger partial charge on any atom is -0.508 e. The Bertz CT molecular complexity index is 3190. The molecule has 4 atom stereocenters. The fraction of sp³-hybridized carbons (Fsp3) is 0.472. The molecule has 3 N–H and O–H groups in total. The second kappa shape index (κ2) is 17.4. The first-order chi connectivity index (χ1) is 34.2. The number of amides is 2. The zero-order chi connectivity index (χ0) is 48.9. The van der Waals surface area contributed by atoms with Crippen LogP contribution in [0.2, 0.25) is 0 Å². The maximum Gasteiger partial charge on any atom is 0.319 e. The second-order valence-corrected chi connectivity index (χ2v) is 20.9. The number of aromatic hydroxyl groups is 1. The van der Waals surface area contributed by atoms with Gasteiger partial charge in [-0.1, -0.05) is 24.1 Å². The largest absolute Gasteiger partial charge is 0.508 e. The van der Waals surface area contributed by atoms with Crippen LogP contribution in [0.3, 0.4) is 0 Å². The monoisotopic (exact) mass is 970 g/mol. The third-order valence-electron chi connectivity index (χ3n) is 16.2. The van der Waals surface area contributed by atoms with E-state index >= 15 is 17.6 Å². The number of nitrogens with zero attached hydrogens (tertiary/aromatic N) is 8. The van der Waals surface area contributed by atoms with Gasteiger partial charge in [0.05, 0.1) is 47.3 Å². The van der Waals surface area contributed by atoms with Gasteiger partial charge in [0, 0.05) is 79.7 Å². The number of halogens is 4. The predicted octanol–water partition coefficient (Wildman–Crippen LogP) is 6.91. The van der Waals surface area contributed by atoms with Crippen molar-refractivity contribution in [2.75, 3.05) is 57.3 Å². The summed E-state index contributed by atoms with van der Waals surface area (Å²) in [6, 6.07) is 11.2. The molecule has 12 rings (SSSR count). The van der Waals surface area contributed by atoms with E-state index in [1.165, 1.54) is 30.5 Å². The molecule has 0 radical (unpaired) electrons. The van der Waals surface area contributed by atoms with Crippen LogP contribution in [0.1, 0.15) is 86.4 Å². The summed E-state index contributed by atoms with van der Waals surface area (Å²) in [7, 11) is 1.85. The van der Waals surface area contributed by atoms with Crippen molar-refractivity contribution in [3.63, 3.8) is 0 Å². The van der Waals surface area contributed by atoms with Crippen LogP contribution >= 0.6 is 0 Å². The molecule has 6 aromatic rings. The molecule has 8 heterocycles. The lowest BCUT2D eigenvalue weighted by Crippen LogP contribution is -2.60. The van der Waals surface area contributed by atoms with Gasteiger partial charge in [-0.3, -0.25) is 34.4 Å². The number of imide groups is 1. The molecule has 1 aliphatic carbocycles. The molecule has 368 valence electrons. The number of carbonyl (C=O) groups is 2. The number of piperazine rings is 1. The van der Waals surface area contributed by atoms with Crippen molar-refractivity contribution in [3.8, 4) is 35.4 Å². The minimum absolute atomic E-state index is 0.0403. The van der Waals surface area contributed by atoms with Gasteiger partial charge in [0.25, 0.3) is 5.92 Å². The number of ether oxygens (including phenoxy) is 1. The van der Waals surface area contributed by atoms with Crippen LogP contribution in [-0.4, -0.2) is 128 Å². The highest BCUT2D eigenvalue weighted by Crippen LogP contribution is 2.48. The van der Waals surface area contributed by atoms with Crippen molar-refractivity contribution >= 4 is 50.2 Å². The van der Waals surface area contributed by atoms with Gasteiger partial charge in [-0.2, -0.15) is 15.1 Å². The highest BCUT2D eigenvalue weighted by Gasteiger charge is 2.52. The molecule has 6 aliphatic rings. The predicted molar refractivity (Wildman–Crippen MR) is 258 cm³/mol. The number of aryl methyl sites for hydroxylation is 1. The Morgan fingerprint density at radius 3 is 2.46 bits per heavy atom. The van der Waals surface area contributed by atoms with E-state index in [1.54, 1.807) is 4.68 Å². The number of likely N-dealkylation sites (tertiary alicyclic amines) is 2. The normalized spacial score (nSPS) is 24.7. The van der Waals surface area contributed by atoms with Crippen LogP contribution in [0, 0.1) is 29.4 Å². The average molecular weight is 971 g/mol. The summed E-state index contributed by atoms with van der Waals surface area (Å²) in [5.41, 5.74) is 2.10. The number of benzene rings is 3. The third kappa shape index (κ3) is 8.29. The lowest BCUT2D eigenvalue weighted by atomic mass is 9.86. The Kier molecular flexibility index (Phi) is 11.2. The Labute approximate surface area is 407 Å². The van der Waals surface area contributed by atoms with Gasteiger partial charge in [-0.15, -0.1) is 6.42 Å². The molecule has 14 nitrogen and oxygen atoms in total. The van der Waals surface area contributed by atoms with E-state index in [9.17, 15) is 14.7 Å².